The number of tetrazole rings is 1. The summed E-state index contributed by atoms with van der Waals surface area (Å²) in [6.45, 7) is 0.536. The van der Waals surface area contributed by atoms with Crippen LogP contribution in [0.3, 0.4) is 0 Å². The molecule has 0 saturated carbocycles. The molecular formula is C9H8Cl2N4. The molecule has 15 heavy (non-hydrogen) atoms. The van der Waals surface area contributed by atoms with Crippen molar-refractivity contribution in [2.24, 2.45) is 0 Å². The Morgan fingerprint density at radius 3 is 2.80 bits per heavy atom. The maximum absolute atomic E-state index is 6.02. The first-order valence-electron chi connectivity index (χ1n) is 4.35. The largest absolute Gasteiger partial charge is 0.224 e. The van der Waals surface area contributed by atoms with E-state index in [1.165, 1.54) is 0 Å². The zero-order valence-corrected chi connectivity index (χ0v) is 9.28. The Kier molecular flexibility index (Phi) is 3.18. The number of benzene rings is 1. The minimum Gasteiger partial charge on any atom is -0.224 e. The average molecular weight is 243 g/mol. The van der Waals surface area contributed by atoms with Crippen LogP contribution < -0.4 is 0 Å². The topological polar surface area (TPSA) is 43.6 Å². The van der Waals surface area contributed by atoms with E-state index >= 15 is 0 Å². The van der Waals surface area contributed by atoms with Crippen LogP contribution in [0, 0.1) is 0 Å². The second kappa shape index (κ2) is 4.59. The highest BCUT2D eigenvalue weighted by Crippen LogP contribution is 2.16. The van der Waals surface area contributed by atoms with Crippen molar-refractivity contribution in [1.29, 1.82) is 0 Å². The van der Waals surface area contributed by atoms with Crippen LogP contribution in [-0.2, 0) is 12.4 Å². The van der Waals surface area contributed by atoms with Gasteiger partial charge in [-0.05, 0) is 22.1 Å². The number of nitrogens with zero attached hydrogens (tertiary/aromatic N) is 4. The lowest BCUT2D eigenvalue weighted by atomic mass is 10.2. The molecule has 0 saturated heterocycles. The van der Waals surface area contributed by atoms with Crippen LogP contribution in [0.15, 0.2) is 24.3 Å². The summed E-state index contributed by atoms with van der Waals surface area (Å²) in [4.78, 5) is 0. The van der Waals surface area contributed by atoms with E-state index in [0.29, 0.717) is 17.4 Å². The Morgan fingerprint density at radius 1 is 1.27 bits per heavy atom. The third kappa shape index (κ3) is 2.27. The number of alkyl halides is 1. The van der Waals surface area contributed by atoms with E-state index in [0.717, 1.165) is 5.56 Å². The van der Waals surface area contributed by atoms with Gasteiger partial charge in [-0.2, -0.15) is 0 Å². The lowest BCUT2D eigenvalue weighted by molar-refractivity contribution is 0.630. The van der Waals surface area contributed by atoms with Crippen LogP contribution in [0.25, 0.3) is 0 Å². The molecule has 2 rings (SSSR count). The number of hydrogen-bond acceptors (Lipinski definition) is 3. The zero-order valence-electron chi connectivity index (χ0n) is 7.77. The van der Waals surface area contributed by atoms with E-state index < -0.39 is 0 Å². The molecule has 0 fully saturated rings. The van der Waals surface area contributed by atoms with Gasteiger partial charge < -0.3 is 0 Å². The summed E-state index contributed by atoms with van der Waals surface area (Å²) in [6, 6.07) is 7.57. The van der Waals surface area contributed by atoms with Crippen molar-refractivity contribution in [2.75, 3.05) is 0 Å². The van der Waals surface area contributed by atoms with Crippen molar-refractivity contribution in [1.82, 2.24) is 20.2 Å². The minimum absolute atomic E-state index is 0.289. The average Bonchev–Trinajstić information content (AvgIpc) is 2.69. The molecule has 4 nitrogen and oxygen atoms in total. The van der Waals surface area contributed by atoms with E-state index in [2.05, 4.69) is 15.5 Å². The van der Waals surface area contributed by atoms with Gasteiger partial charge in [0, 0.05) is 5.02 Å². The zero-order chi connectivity index (χ0) is 10.7. The molecule has 0 aliphatic carbocycles. The van der Waals surface area contributed by atoms with Crippen molar-refractivity contribution in [3.8, 4) is 0 Å². The molecule has 0 spiro atoms. The first kappa shape index (κ1) is 10.4. The van der Waals surface area contributed by atoms with Crippen LogP contribution in [0.2, 0.25) is 5.02 Å². The predicted octanol–water partition coefficient (Wildman–Crippen LogP) is 2.11. The fourth-order valence-electron chi connectivity index (χ4n) is 1.23. The highest BCUT2D eigenvalue weighted by molar-refractivity contribution is 6.31. The first-order chi connectivity index (χ1) is 7.31. The molecular weight excluding hydrogens is 235 g/mol. The van der Waals surface area contributed by atoms with Crippen molar-refractivity contribution in [2.45, 2.75) is 12.4 Å². The smallest absolute Gasteiger partial charge is 0.166 e. The van der Waals surface area contributed by atoms with Crippen LogP contribution in [-0.4, -0.2) is 20.2 Å². The molecule has 0 N–H and O–H groups in total. The molecule has 1 aromatic carbocycles. The third-order valence-electron chi connectivity index (χ3n) is 2.00. The SMILES string of the molecule is ClCc1nnnn1Cc1ccccc1Cl. The summed E-state index contributed by atoms with van der Waals surface area (Å²) >= 11 is 11.7. The summed E-state index contributed by atoms with van der Waals surface area (Å²) in [7, 11) is 0. The van der Waals surface area contributed by atoms with Crippen LogP contribution >= 0.6 is 23.2 Å². The number of halogens is 2. The Bertz CT molecular complexity index is 455. The highest BCUT2D eigenvalue weighted by Gasteiger charge is 2.06. The third-order valence-corrected chi connectivity index (χ3v) is 2.61. The molecule has 6 heteroatoms. The van der Waals surface area contributed by atoms with Gasteiger partial charge in [-0.15, -0.1) is 16.7 Å². The molecule has 0 radical (unpaired) electrons. The van der Waals surface area contributed by atoms with Gasteiger partial charge in [0.25, 0.3) is 0 Å². The van der Waals surface area contributed by atoms with Crippen molar-refractivity contribution in [3.05, 3.63) is 40.7 Å². The van der Waals surface area contributed by atoms with Gasteiger partial charge in [-0.3, -0.25) is 0 Å². The molecule has 78 valence electrons. The summed E-state index contributed by atoms with van der Waals surface area (Å²) in [5, 5.41) is 11.9. The summed E-state index contributed by atoms with van der Waals surface area (Å²) in [6.07, 6.45) is 0. The van der Waals surface area contributed by atoms with E-state index in [1.807, 2.05) is 24.3 Å². The molecule has 1 aromatic heterocycles. The highest BCUT2D eigenvalue weighted by atomic mass is 35.5. The van der Waals surface area contributed by atoms with Gasteiger partial charge in [-0.1, -0.05) is 29.8 Å². The summed E-state index contributed by atoms with van der Waals surface area (Å²) < 4.78 is 1.63. The molecule has 1 heterocycles. The Balaban J connectivity index is 2.26. The normalized spacial score (nSPS) is 10.5. The lowest BCUT2D eigenvalue weighted by Gasteiger charge is -2.04. The predicted molar refractivity (Wildman–Crippen MR) is 57.9 cm³/mol. The van der Waals surface area contributed by atoms with Gasteiger partial charge in [-0.25, -0.2) is 4.68 Å². The lowest BCUT2D eigenvalue weighted by Crippen LogP contribution is -2.06. The van der Waals surface area contributed by atoms with Crippen molar-refractivity contribution >= 4 is 23.2 Å². The van der Waals surface area contributed by atoms with Crippen LogP contribution in [0.1, 0.15) is 11.4 Å². The van der Waals surface area contributed by atoms with Gasteiger partial charge >= 0.3 is 0 Å². The van der Waals surface area contributed by atoms with Gasteiger partial charge in [0.15, 0.2) is 5.82 Å². The molecule has 0 unspecified atom stereocenters. The monoisotopic (exact) mass is 242 g/mol. The van der Waals surface area contributed by atoms with Crippen molar-refractivity contribution in [3.63, 3.8) is 0 Å². The summed E-state index contributed by atoms with van der Waals surface area (Å²) in [5.41, 5.74) is 0.970. The number of aromatic nitrogens is 4. The van der Waals surface area contributed by atoms with E-state index in [9.17, 15) is 0 Å². The van der Waals surface area contributed by atoms with Crippen molar-refractivity contribution < 1.29 is 0 Å². The molecule has 0 amide bonds. The standard InChI is InChI=1S/C9H8Cl2N4/c10-5-9-12-13-14-15(9)6-7-3-1-2-4-8(7)11/h1-4H,5-6H2. The second-order valence-corrected chi connectivity index (χ2v) is 3.65. The fraction of sp³-hybridized carbons (Fsp3) is 0.222. The molecule has 2 aromatic rings. The Hall–Kier alpha value is -1.13. The maximum Gasteiger partial charge on any atom is 0.166 e. The first-order valence-corrected chi connectivity index (χ1v) is 5.27. The summed E-state index contributed by atoms with van der Waals surface area (Å²) in [5.74, 6) is 0.925. The molecule has 0 aliphatic heterocycles. The van der Waals surface area contributed by atoms with Crippen LogP contribution in [0.5, 0.6) is 0 Å². The fourth-order valence-corrected chi connectivity index (χ4v) is 1.62. The van der Waals surface area contributed by atoms with Gasteiger partial charge in [0.1, 0.15) is 0 Å². The van der Waals surface area contributed by atoms with E-state index in [1.54, 1.807) is 4.68 Å². The van der Waals surface area contributed by atoms with Gasteiger partial charge in [0.2, 0.25) is 0 Å². The second-order valence-electron chi connectivity index (χ2n) is 2.98. The molecule has 0 atom stereocenters. The van der Waals surface area contributed by atoms with Gasteiger partial charge in [0.05, 0.1) is 12.4 Å². The van der Waals surface area contributed by atoms with E-state index in [4.69, 9.17) is 23.2 Å². The Labute approximate surface area is 96.8 Å². The Morgan fingerprint density at radius 2 is 2.07 bits per heavy atom. The molecule has 0 bridgehead atoms. The van der Waals surface area contributed by atoms with E-state index in [-0.39, 0.29) is 5.88 Å². The molecule has 0 aliphatic rings. The maximum atomic E-state index is 6.02. The minimum atomic E-state index is 0.289. The number of hydrogen-bond donors (Lipinski definition) is 0. The van der Waals surface area contributed by atoms with Crippen LogP contribution in [0.4, 0.5) is 0 Å². The quantitative estimate of drug-likeness (QED) is 0.775. The number of rotatable bonds is 3.